The molecule has 1 saturated carbocycles. The number of hydrogen-bond donors (Lipinski definition) is 1. The van der Waals surface area contributed by atoms with Crippen LogP contribution in [0, 0.1) is 0 Å². The summed E-state index contributed by atoms with van der Waals surface area (Å²) in [6.07, 6.45) is 6.16. The number of amides is 1. The lowest BCUT2D eigenvalue weighted by Crippen LogP contribution is -2.35. The SMILES string of the molecule is COC1(OC)CCCCC1.NC=O. The van der Waals surface area contributed by atoms with Gasteiger partial charge in [-0.3, -0.25) is 4.79 Å². The third kappa shape index (κ3) is 4.24. The first-order chi connectivity index (χ1) is 6.24. The molecule has 1 aliphatic rings. The fourth-order valence-corrected chi connectivity index (χ4v) is 1.58. The summed E-state index contributed by atoms with van der Waals surface area (Å²) in [5.41, 5.74) is 4.17. The van der Waals surface area contributed by atoms with Crippen molar-refractivity contribution in [3.8, 4) is 0 Å². The summed E-state index contributed by atoms with van der Waals surface area (Å²) in [4.78, 5) is 8.58. The topological polar surface area (TPSA) is 61.6 Å². The summed E-state index contributed by atoms with van der Waals surface area (Å²) in [5, 5.41) is 0. The number of carbonyl (C=O) groups excluding carboxylic acids is 1. The molecule has 78 valence electrons. The third-order valence-corrected chi connectivity index (χ3v) is 2.36. The van der Waals surface area contributed by atoms with Crippen molar-refractivity contribution in [2.45, 2.75) is 37.9 Å². The molecule has 4 heteroatoms. The van der Waals surface area contributed by atoms with Gasteiger partial charge in [-0.1, -0.05) is 6.42 Å². The van der Waals surface area contributed by atoms with Crippen molar-refractivity contribution < 1.29 is 14.3 Å². The smallest absolute Gasteiger partial charge is 0.204 e. The van der Waals surface area contributed by atoms with Crippen LogP contribution in [0.15, 0.2) is 0 Å². The predicted molar refractivity (Wildman–Crippen MR) is 50.1 cm³/mol. The summed E-state index contributed by atoms with van der Waals surface area (Å²) in [6, 6.07) is 0. The Kier molecular flexibility index (Phi) is 6.54. The van der Waals surface area contributed by atoms with Crippen LogP contribution in [-0.2, 0) is 14.3 Å². The van der Waals surface area contributed by atoms with Crippen molar-refractivity contribution in [1.29, 1.82) is 0 Å². The van der Waals surface area contributed by atoms with E-state index < -0.39 is 0 Å². The monoisotopic (exact) mass is 189 g/mol. The molecule has 4 nitrogen and oxygen atoms in total. The van der Waals surface area contributed by atoms with Gasteiger partial charge in [0.05, 0.1) is 0 Å². The number of primary amides is 1. The van der Waals surface area contributed by atoms with E-state index in [2.05, 4.69) is 5.73 Å². The Morgan fingerprint density at radius 3 is 1.77 bits per heavy atom. The Labute approximate surface area is 79.4 Å². The maximum absolute atomic E-state index is 8.58. The van der Waals surface area contributed by atoms with E-state index in [9.17, 15) is 0 Å². The molecule has 0 aliphatic heterocycles. The van der Waals surface area contributed by atoms with Crippen molar-refractivity contribution in [3.63, 3.8) is 0 Å². The van der Waals surface area contributed by atoms with Crippen molar-refractivity contribution >= 4 is 6.41 Å². The number of carbonyl (C=O) groups is 1. The predicted octanol–water partition coefficient (Wildman–Crippen LogP) is 1.04. The Morgan fingerprint density at radius 2 is 1.54 bits per heavy atom. The van der Waals surface area contributed by atoms with E-state index in [4.69, 9.17) is 14.3 Å². The zero-order valence-electron chi connectivity index (χ0n) is 8.41. The molecule has 0 atom stereocenters. The molecule has 0 radical (unpaired) electrons. The number of methoxy groups -OCH3 is 2. The third-order valence-electron chi connectivity index (χ3n) is 2.36. The largest absolute Gasteiger partial charge is 0.372 e. The van der Waals surface area contributed by atoms with Crippen LogP contribution in [-0.4, -0.2) is 26.4 Å². The minimum atomic E-state index is -0.238. The molecule has 0 bridgehead atoms. The summed E-state index contributed by atoms with van der Waals surface area (Å²) in [7, 11) is 3.46. The highest BCUT2D eigenvalue weighted by atomic mass is 16.7. The lowest BCUT2D eigenvalue weighted by atomic mass is 9.94. The van der Waals surface area contributed by atoms with Crippen LogP contribution in [0.1, 0.15) is 32.1 Å². The Morgan fingerprint density at radius 1 is 1.15 bits per heavy atom. The average molecular weight is 189 g/mol. The van der Waals surface area contributed by atoms with Crippen LogP contribution in [0.3, 0.4) is 0 Å². The lowest BCUT2D eigenvalue weighted by molar-refractivity contribution is -0.222. The van der Waals surface area contributed by atoms with Gasteiger partial charge in [-0.15, -0.1) is 0 Å². The normalized spacial score (nSPS) is 19.8. The van der Waals surface area contributed by atoms with Crippen molar-refractivity contribution in [2.75, 3.05) is 14.2 Å². The van der Waals surface area contributed by atoms with Gasteiger partial charge in [-0.2, -0.15) is 0 Å². The molecule has 0 aromatic carbocycles. The molecule has 0 aromatic rings. The zero-order valence-corrected chi connectivity index (χ0v) is 8.41. The second-order valence-electron chi connectivity index (χ2n) is 3.02. The zero-order chi connectivity index (χ0) is 10.2. The number of nitrogens with two attached hydrogens (primary N) is 1. The first-order valence-corrected chi connectivity index (χ1v) is 4.50. The summed E-state index contributed by atoms with van der Waals surface area (Å²) >= 11 is 0. The van der Waals surface area contributed by atoms with E-state index in [1.165, 1.54) is 19.3 Å². The molecule has 0 spiro atoms. The highest BCUT2D eigenvalue weighted by Crippen LogP contribution is 2.31. The van der Waals surface area contributed by atoms with Gasteiger partial charge in [0.1, 0.15) is 0 Å². The lowest BCUT2D eigenvalue weighted by Gasteiger charge is -2.34. The van der Waals surface area contributed by atoms with Crippen LogP contribution in [0.2, 0.25) is 0 Å². The van der Waals surface area contributed by atoms with Crippen LogP contribution >= 0.6 is 0 Å². The Balaban J connectivity index is 0.000000424. The van der Waals surface area contributed by atoms with Crippen LogP contribution < -0.4 is 5.73 Å². The fourth-order valence-electron chi connectivity index (χ4n) is 1.58. The highest BCUT2D eigenvalue weighted by molar-refractivity contribution is 5.42. The Bertz CT molecular complexity index is 127. The first kappa shape index (κ1) is 12.4. The van der Waals surface area contributed by atoms with Crippen molar-refractivity contribution in [2.24, 2.45) is 5.73 Å². The number of rotatable bonds is 2. The van der Waals surface area contributed by atoms with Gasteiger partial charge in [0.25, 0.3) is 0 Å². The second-order valence-corrected chi connectivity index (χ2v) is 3.02. The molecule has 13 heavy (non-hydrogen) atoms. The molecule has 0 heterocycles. The molecule has 1 rings (SSSR count). The summed E-state index contributed by atoms with van der Waals surface area (Å²) < 4.78 is 10.6. The quantitative estimate of drug-likeness (QED) is 0.521. The molecule has 1 aliphatic carbocycles. The van der Waals surface area contributed by atoms with Crippen molar-refractivity contribution in [1.82, 2.24) is 0 Å². The molecular formula is C9H19NO3. The first-order valence-electron chi connectivity index (χ1n) is 4.50. The minimum absolute atomic E-state index is 0.238. The molecule has 0 unspecified atom stereocenters. The van der Waals surface area contributed by atoms with Crippen molar-refractivity contribution in [3.05, 3.63) is 0 Å². The maximum Gasteiger partial charge on any atom is 0.204 e. The van der Waals surface area contributed by atoms with Gasteiger partial charge < -0.3 is 15.2 Å². The van der Waals surface area contributed by atoms with Gasteiger partial charge in [0, 0.05) is 27.1 Å². The van der Waals surface area contributed by atoms with Gasteiger partial charge in [0.2, 0.25) is 6.41 Å². The van der Waals surface area contributed by atoms with E-state index >= 15 is 0 Å². The minimum Gasteiger partial charge on any atom is -0.372 e. The molecular weight excluding hydrogens is 170 g/mol. The van der Waals surface area contributed by atoms with E-state index in [1.54, 1.807) is 14.2 Å². The average Bonchev–Trinajstić information content (AvgIpc) is 2.20. The maximum atomic E-state index is 8.58. The number of hydrogen-bond acceptors (Lipinski definition) is 3. The fraction of sp³-hybridized carbons (Fsp3) is 0.889. The molecule has 0 saturated heterocycles. The molecule has 2 N–H and O–H groups in total. The molecule has 1 fully saturated rings. The highest BCUT2D eigenvalue weighted by Gasteiger charge is 2.30. The van der Waals surface area contributed by atoms with Crippen LogP contribution in [0.5, 0.6) is 0 Å². The van der Waals surface area contributed by atoms with Gasteiger partial charge in [-0.05, 0) is 12.8 Å². The molecule has 0 aromatic heterocycles. The summed E-state index contributed by atoms with van der Waals surface area (Å²) in [6.45, 7) is 0. The van der Waals surface area contributed by atoms with E-state index in [0.717, 1.165) is 12.8 Å². The second kappa shape index (κ2) is 6.86. The van der Waals surface area contributed by atoms with E-state index in [0.29, 0.717) is 0 Å². The summed E-state index contributed by atoms with van der Waals surface area (Å²) in [5.74, 6) is -0.238. The van der Waals surface area contributed by atoms with E-state index in [1.807, 2.05) is 0 Å². The Hall–Kier alpha value is -0.610. The van der Waals surface area contributed by atoms with Gasteiger partial charge >= 0.3 is 0 Å². The van der Waals surface area contributed by atoms with Gasteiger partial charge in [0.15, 0.2) is 5.79 Å². The number of ether oxygens (including phenoxy) is 2. The van der Waals surface area contributed by atoms with Crippen LogP contribution in [0.25, 0.3) is 0 Å². The van der Waals surface area contributed by atoms with Crippen LogP contribution in [0.4, 0.5) is 0 Å². The molecule has 1 amide bonds. The standard InChI is InChI=1S/C8H16O2.CH3NO/c1-9-8(10-2)6-4-3-5-7-8;2-1-3/h3-7H2,1-2H3;1H,(H2,2,3). The van der Waals surface area contributed by atoms with Gasteiger partial charge in [-0.25, -0.2) is 0 Å². The van der Waals surface area contributed by atoms with E-state index in [-0.39, 0.29) is 12.2 Å².